The van der Waals surface area contributed by atoms with Gasteiger partial charge in [0.1, 0.15) is 0 Å². The molecule has 0 unspecified atom stereocenters. The Labute approximate surface area is 86.4 Å². The van der Waals surface area contributed by atoms with Gasteiger partial charge >= 0.3 is 5.97 Å². The molecular formula is C10H11NO4. The number of aliphatic carboxylic acids is 1. The van der Waals surface area contributed by atoms with E-state index < -0.39 is 11.6 Å². The van der Waals surface area contributed by atoms with Crippen LogP contribution in [-0.2, 0) is 20.8 Å². The molecular weight excluding hydrogens is 198 g/mol. The second-order valence-corrected chi connectivity index (χ2v) is 3.09. The largest absolute Gasteiger partial charge is 0.479 e. The van der Waals surface area contributed by atoms with Gasteiger partial charge in [-0.3, -0.25) is 9.63 Å². The molecule has 0 amide bonds. The molecule has 1 rings (SSSR count). The molecule has 0 saturated carbocycles. The molecule has 0 fully saturated rings. The molecule has 0 aliphatic carbocycles. The highest BCUT2D eigenvalue weighted by Crippen LogP contribution is 2.14. The highest BCUT2D eigenvalue weighted by atomic mass is 16.6. The van der Waals surface area contributed by atoms with Gasteiger partial charge in [0.05, 0.1) is 0 Å². The molecule has 5 heteroatoms. The highest BCUT2D eigenvalue weighted by molar-refractivity contribution is 5.96. The lowest BCUT2D eigenvalue weighted by Crippen LogP contribution is -2.47. The van der Waals surface area contributed by atoms with Crippen LogP contribution in [0.15, 0.2) is 30.3 Å². The molecule has 0 aliphatic rings. The number of hydrogen-bond acceptors (Lipinski definition) is 4. The van der Waals surface area contributed by atoms with Gasteiger partial charge in [-0.2, -0.15) is 0 Å². The van der Waals surface area contributed by atoms with Crippen molar-refractivity contribution in [2.45, 2.75) is 12.0 Å². The third-order valence-corrected chi connectivity index (χ3v) is 2.07. The van der Waals surface area contributed by atoms with Crippen molar-refractivity contribution in [1.82, 2.24) is 0 Å². The average Bonchev–Trinajstić information content (AvgIpc) is 2.27. The van der Waals surface area contributed by atoms with Crippen molar-refractivity contribution in [3.8, 4) is 0 Å². The van der Waals surface area contributed by atoms with Crippen LogP contribution in [0.1, 0.15) is 5.56 Å². The predicted octanol–water partition coefficient (Wildman–Crippen LogP) is 0.142. The van der Waals surface area contributed by atoms with Crippen molar-refractivity contribution in [2.75, 3.05) is 0 Å². The minimum Gasteiger partial charge on any atom is -0.479 e. The number of aldehydes is 1. The van der Waals surface area contributed by atoms with E-state index in [-0.39, 0.29) is 12.7 Å². The van der Waals surface area contributed by atoms with Gasteiger partial charge in [0, 0.05) is 6.42 Å². The Morgan fingerprint density at radius 2 is 2.07 bits per heavy atom. The number of benzene rings is 1. The molecule has 5 nitrogen and oxygen atoms in total. The van der Waals surface area contributed by atoms with Crippen LogP contribution in [0.3, 0.4) is 0 Å². The fraction of sp³-hybridized carbons (Fsp3) is 0.200. The van der Waals surface area contributed by atoms with Gasteiger partial charge in [-0.1, -0.05) is 30.3 Å². The second-order valence-electron chi connectivity index (χ2n) is 3.09. The number of carboxylic acid groups (broad SMARTS) is 1. The minimum absolute atomic E-state index is 0.0941. The molecule has 0 aliphatic heterocycles. The van der Waals surface area contributed by atoms with Crippen LogP contribution in [0.2, 0.25) is 0 Å². The number of rotatable bonds is 5. The number of carboxylic acids is 1. The first-order chi connectivity index (χ1) is 7.14. The van der Waals surface area contributed by atoms with Crippen LogP contribution in [0.25, 0.3) is 0 Å². The van der Waals surface area contributed by atoms with E-state index in [1.54, 1.807) is 30.3 Å². The van der Waals surface area contributed by atoms with Crippen LogP contribution in [0, 0.1) is 0 Å². The summed E-state index contributed by atoms with van der Waals surface area (Å²) in [5, 5.41) is 8.85. The summed E-state index contributed by atoms with van der Waals surface area (Å²) in [5.41, 5.74) is -1.33. The SMILES string of the molecule is NO[C@](C=O)(Cc1ccccc1)C(=O)O. The van der Waals surface area contributed by atoms with Crippen LogP contribution in [-0.4, -0.2) is 23.0 Å². The molecule has 3 N–H and O–H groups in total. The molecule has 0 bridgehead atoms. The Kier molecular flexibility index (Phi) is 3.54. The fourth-order valence-electron chi connectivity index (χ4n) is 1.19. The fourth-order valence-corrected chi connectivity index (χ4v) is 1.19. The van der Waals surface area contributed by atoms with E-state index in [1.165, 1.54) is 0 Å². The second kappa shape index (κ2) is 4.68. The molecule has 1 atom stereocenters. The van der Waals surface area contributed by atoms with Gasteiger partial charge in [0.15, 0.2) is 6.29 Å². The van der Waals surface area contributed by atoms with E-state index in [1.807, 2.05) is 0 Å². The molecule has 0 radical (unpaired) electrons. The zero-order valence-corrected chi connectivity index (χ0v) is 7.92. The monoisotopic (exact) mass is 209 g/mol. The summed E-state index contributed by atoms with van der Waals surface area (Å²) >= 11 is 0. The number of hydrogen-bond donors (Lipinski definition) is 2. The maximum absolute atomic E-state index is 10.9. The molecule has 15 heavy (non-hydrogen) atoms. The van der Waals surface area contributed by atoms with Gasteiger partial charge in [0.2, 0.25) is 5.60 Å². The third-order valence-electron chi connectivity index (χ3n) is 2.07. The smallest absolute Gasteiger partial charge is 0.346 e. The summed E-state index contributed by atoms with van der Waals surface area (Å²) in [6.07, 6.45) is 0.103. The van der Waals surface area contributed by atoms with Gasteiger partial charge in [-0.25, -0.2) is 10.7 Å². The summed E-state index contributed by atoms with van der Waals surface area (Å²) in [7, 11) is 0. The van der Waals surface area contributed by atoms with Crippen molar-refractivity contribution in [3.63, 3.8) is 0 Å². The predicted molar refractivity (Wildman–Crippen MR) is 51.8 cm³/mol. The maximum atomic E-state index is 10.9. The van der Waals surface area contributed by atoms with Crippen molar-refractivity contribution < 1.29 is 19.5 Å². The lowest BCUT2D eigenvalue weighted by atomic mass is 9.96. The molecule has 0 aromatic heterocycles. The van der Waals surface area contributed by atoms with Crippen molar-refractivity contribution in [2.24, 2.45) is 5.90 Å². The molecule has 1 aromatic carbocycles. The van der Waals surface area contributed by atoms with Crippen LogP contribution < -0.4 is 5.90 Å². The van der Waals surface area contributed by atoms with Gasteiger partial charge in [-0.15, -0.1) is 0 Å². The van der Waals surface area contributed by atoms with E-state index in [0.29, 0.717) is 5.56 Å². The third kappa shape index (κ3) is 2.39. The normalized spacial score (nSPS) is 14.2. The zero-order chi connectivity index (χ0) is 11.3. The Hall–Kier alpha value is -1.72. The Bertz CT molecular complexity index is 352. The highest BCUT2D eigenvalue weighted by Gasteiger charge is 2.39. The minimum atomic E-state index is -2.00. The summed E-state index contributed by atoms with van der Waals surface area (Å²) in [4.78, 5) is 25.9. The first-order valence-electron chi connectivity index (χ1n) is 4.26. The quantitative estimate of drug-likeness (QED) is 0.409. The van der Waals surface area contributed by atoms with Crippen molar-refractivity contribution in [1.29, 1.82) is 0 Å². The van der Waals surface area contributed by atoms with Crippen LogP contribution >= 0.6 is 0 Å². The van der Waals surface area contributed by atoms with E-state index in [4.69, 9.17) is 11.0 Å². The molecule has 1 aromatic rings. The molecule has 0 saturated heterocycles. The molecule has 0 heterocycles. The first-order valence-corrected chi connectivity index (χ1v) is 4.26. The average molecular weight is 209 g/mol. The Morgan fingerprint density at radius 1 is 1.47 bits per heavy atom. The topological polar surface area (TPSA) is 89.6 Å². The Morgan fingerprint density at radius 3 is 2.47 bits per heavy atom. The lowest BCUT2D eigenvalue weighted by molar-refractivity contribution is -0.167. The van der Waals surface area contributed by atoms with E-state index in [0.717, 1.165) is 0 Å². The summed E-state index contributed by atoms with van der Waals surface area (Å²) in [5.74, 6) is 3.46. The summed E-state index contributed by atoms with van der Waals surface area (Å²) < 4.78 is 0. The van der Waals surface area contributed by atoms with Gasteiger partial charge < -0.3 is 5.11 Å². The number of nitrogens with two attached hydrogens (primary N) is 1. The lowest BCUT2D eigenvalue weighted by Gasteiger charge is -2.20. The summed E-state index contributed by atoms with van der Waals surface area (Å²) in [6, 6.07) is 8.66. The maximum Gasteiger partial charge on any atom is 0.346 e. The zero-order valence-electron chi connectivity index (χ0n) is 7.92. The number of carbonyl (C=O) groups excluding carboxylic acids is 1. The van der Waals surface area contributed by atoms with E-state index in [2.05, 4.69) is 4.84 Å². The van der Waals surface area contributed by atoms with E-state index >= 15 is 0 Å². The van der Waals surface area contributed by atoms with E-state index in [9.17, 15) is 9.59 Å². The number of carbonyl (C=O) groups is 2. The first kappa shape index (κ1) is 11.4. The van der Waals surface area contributed by atoms with Crippen molar-refractivity contribution >= 4 is 12.3 Å². The molecule has 80 valence electrons. The van der Waals surface area contributed by atoms with Crippen LogP contribution in [0.5, 0.6) is 0 Å². The summed E-state index contributed by atoms with van der Waals surface area (Å²) in [6.45, 7) is 0. The Balaban J connectivity index is 2.94. The van der Waals surface area contributed by atoms with Gasteiger partial charge in [0.25, 0.3) is 0 Å². The van der Waals surface area contributed by atoms with Gasteiger partial charge in [-0.05, 0) is 5.56 Å². The molecule has 0 spiro atoms. The van der Waals surface area contributed by atoms with Crippen LogP contribution in [0.4, 0.5) is 0 Å². The standard InChI is InChI=1S/C10H11NO4/c11-15-10(7-12,9(13)14)6-8-4-2-1-3-5-8/h1-5,7H,6,11H2,(H,13,14)/t10-/m0/s1. The van der Waals surface area contributed by atoms with Crippen molar-refractivity contribution in [3.05, 3.63) is 35.9 Å².